The van der Waals surface area contributed by atoms with Gasteiger partial charge in [-0.05, 0) is 48.2 Å². The summed E-state index contributed by atoms with van der Waals surface area (Å²) in [5, 5.41) is 15.3. The number of rotatable bonds is 3. The minimum Gasteiger partial charge on any atom is -0.502 e. The molecule has 1 aromatic heterocycles. The topological polar surface area (TPSA) is 75.4 Å². The van der Waals surface area contributed by atoms with Crippen LogP contribution in [0.5, 0.6) is 5.75 Å². The zero-order valence-electron chi connectivity index (χ0n) is 16.4. The van der Waals surface area contributed by atoms with Gasteiger partial charge in [-0.2, -0.15) is 5.10 Å². The molecule has 1 saturated heterocycles. The molecule has 1 unspecified atom stereocenters. The van der Waals surface area contributed by atoms with Crippen LogP contribution in [-0.4, -0.2) is 38.3 Å². The molecule has 3 aromatic rings. The molecular weight excluding hydrogens is 421 g/mol. The molecule has 6 nitrogen and oxygen atoms in total. The van der Waals surface area contributed by atoms with Gasteiger partial charge in [-0.25, -0.2) is 4.39 Å². The van der Waals surface area contributed by atoms with Gasteiger partial charge in [0, 0.05) is 17.5 Å². The summed E-state index contributed by atoms with van der Waals surface area (Å²) in [4.78, 5) is 26.9. The average molecular weight is 440 g/mol. The number of nitrogens with zero attached hydrogens (tertiary/aromatic N) is 3. The lowest BCUT2D eigenvalue weighted by molar-refractivity contribution is 0.0565. The van der Waals surface area contributed by atoms with E-state index < -0.39 is 23.1 Å². The average Bonchev–Trinajstić information content (AvgIpc) is 3.24. The molecule has 5 rings (SSSR count). The van der Waals surface area contributed by atoms with E-state index in [-0.39, 0.29) is 23.5 Å². The minimum atomic E-state index is -0.704. The van der Waals surface area contributed by atoms with Crippen molar-refractivity contribution < 1.29 is 14.3 Å². The quantitative estimate of drug-likeness (QED) is 0.674. The Morgan fingerprint density at radius 1 is 1.13 bits per heavy atom. The largest absolute Gasteiger partial charge is 0.502 e. The van der Waals surface area contributed by atoms with Crippen molar-refractivity contribution in [3.63, 3.8) is 0 Å². The summed E-state index contributed by atoms with van der Waals surface area (Å²) in [5.41, 5.74) is 0.752. The van der Waals surface area contributed by atoms with E-state index in [0.29, 0.717) is 17.1 Å². The van der Waals surface area contributed by atoms with E-state index in [1.54, 1.807) is 23.1 Å². The molecule has 1 N–H and O–H groups in total. The normalized spacial score (nSPS) is 21.0. The zero-order valence-corrected chi connectivity index (χ0v) is 17.2. The summed E-state index contributed by atoms with van der Waals surface area (Å²) in [6.45, 7) is 0.527. The third-order valence-electron chi connectivity index (χ3n) is 6.20. The molecule has 8 heteroatoms. The van der Waals surface area contributed by atoms with Crippen molar-refractivity contribution in [2.75, 3.05) is 6.54 Å². The number of carbonyl (C=O) groups excluding carboxylic acids is 1. The third kappa shape index (κ3) is 3.20. The summed E-state index contributed by atoms with van der Waals surface area (Å²) in [7, 11) is 0. The lowest BCUT2D eigenvalue weighted by Crippen LogP contribution is -2.50. The van der Waals surface area contributed by atoms with Crippen LogP contribution in [-0.2, 0) is 0 Å². The SMILES string of the molecule is O=C1c2c(O)c(=O)cnn2[C@@H](C(c2ccc(Cl)cc2)c2cccc(F)c2)[C@H]2CCCN12. The predicted molar refractivity (Wildman–Crippen MR) is 113 cm³/mol. The molecule has 3 atom stereocenters. The highest BCUT2D eigenvalue weighted by atomic mass is 35.5. The third-order valence-corrected chi connectivity index (χ3v) is 6.46. The Hall–Kier alpha value is -3.19. The van der Waals surface area contributed by atoms with Crippen LogP contribution in [0.3, 0.4) is 0 Å². The smallest absolute Gasteiger partial charge is 0.276 e. The minimum absolute atomic E-state index is 0.119. The van der Waals surface area contributed by atoms with Crippen LogP contribution in [0.2, 0.25) is 5.02 Å². The summed E-state index contributed by atoms with van der Waals surface area (Å²) < 4.78 is 15.7. The maximum Gasteiger partial charge on any atom is 0.276 e. The second-order valence-electron chi connectivity index (χ2n) is 7.93. The number of hydrogen-bond donors (Lipinski definition) is 1. The maximum atomic E-state index is 14.2. The van der Waals surface area contributed by atoms with Gasteiger partial charge in [0.2, 0.25) is 5.43 Å². The molecule has 2 aliphatic heterocycles. The maximum absolute atomic E-state index is 14.2. The van der Waals surface area contributed by atoms with Crippen molar-refractivity contribution in [1.29, 1.82) is 0 Å². The molecule has 158 valence electrons. The molecule has 0 spiro atoms. The molecule has 2 aromatic carbocycles. The number of hydrogen-bond acceptors (Lipinski definition) is 4. The predicted octanol–water partition coefficient (Wildman–Crippen LogP) is 3.73. The molecule has 31 heavy (non-hydrogen) atoms. The van der Waals surface area contributed by atoms with Gasteiger partial charge in [-0.3, -0.25) is 14.3 Å². The van der Waals surface area contributed by atoms with Crippen molar-refractivity contribution in [3.05, 3.63) is 92.6 Å². The fourth-order valence-electron chi connectivity index (χ4n) is 4.90. The highest BCUT2D eigenvalue weighted by Gasteiger charge is 2.48. The zero-order chi connectivity index (χ0) is 21.7. The molecular formula is C23H19ClFN3O3. The number of aromatic nitrogens is 2. The van der Waals surface area contributed by atoms with Gasteiger partial charge in [-0.1, -0.05) is 35.9 Å². The van der Waals surface area contributed by atoms with Gasteiger partial charge < -0.3 is 10.0 Å². The Balaban J connectivity index is 1.78. The van der Waals surface area contributed by atoms with Crippen molar-refractivity contribution in [2.24, 2.45) is 0 Å². The first-order valence-corrected chi connectivity index (χ1v) is 10.5. The van der Waals surface area contributed by atoms with Gasteiger partial charge in [0.15, 0.2) is 11.4 Å². The van der Waals surface area contributed by atoms with Crippen molar-refractivity contribution in [2.45, 2.75) is 30.8 Å². The van der Waals surface area contributed by atoms with Crippen molar-refractivity contribution in [1.82, 2.24) is 14.7 Å². The highest BCUT2D eigenvalue weighted by Crippen LogP contribution is 2.45. The summed E-state index contributed by atoms with van der Waals surface area (Å²) in [6.07, 6.45) is 2.56. The van der Waals surface area contributed by atoms with Crippen molar-refractivity contribution >= 4 is 17.5 Å². The van der Waals surface area contributed by atoms with Gasteiger partial charge in [0.25, 0.3) is 5.91 Å². The Morgan fingerprint density at radius 2 is 1.90 bits per heavy atom. The number of aromatic hydroxyl groups is 1. The Labute approximate surface area is 182 Å². The lowest BCUT2D eigenvalue weighted by Gasteiger charge is -2.42. The number of benzene rings is 2. The second-order valence-corrected chi connectivity index (χ2v) is 8.37. The van der Waals surface area contributed by atoms with E-state index in [4.69, 9.17) is 11.6 Å². The number of fused-ring (bicyclic) bond motifs is 2. The Kier molecular flexibility index (Phi) is 4.78. The number of amides is 1. The molecule has 2 aliphatic rings. The van der Waals surface area contributed by atoms with Crippen LogP contribution >= 0.6 is 11.6 Å². The second kappa shape index (κ2) is 7.50. The van der Waals surface area contributed by atoms with Gasteiger partial charge in [0.1, 0.15) is 5.82 Å². The van der Waals surface area contributed by atoms with E-state index in [0.717, 1.165) is 24.6 Å². The van der Waals surface area contributed by atoms with E-state index in [1.807, 2.05) is 18.2 Å². The highest BCUT2D eigenvalue weighted by molar-refractivity contribution is 6.30. The van der Waals surface area contributed by atoms with E-state index in [1.165, 1.54) is 16.8 Å². The Bertz CT molecular complexity index is 1230. The Morgan fingerprint density at radius 3 is 2.65 bits per heavy atom. The summed E-state index contributed by atoms with van der Waals surface area (Å²) in [6, 6.07) is 12.9. The fraction of sp³-hybridized carbons (Fsp3) is 0.261. The fourth-order valence-corrected chi connectivity index (χ4v) is 5.03. The first kappa shape index (κ1) is 19.8. The molecule has 0 radical (unpaired) electrons. The molecule has 1 amide bonds. The van der Waals surface area contributed by atoms with Crippen LogP contribution in [0.1, 0.15) is 46.4 Å². The van der Waals surface area contributed by atoms with Crippen LogP contribution in [0.4, 0.5) is 4.39 Å². The van der Waals surface area contributed by atoms with E-state index >= 15 is 0 Å². The lowest BCUT2D eigenvalue weighted by atomic mass is 9.80. The van der Waals surface area contributed by atoms with Crippen molar-refractivity contribution in [3.8, 4) is 5.75 Å². The molecule has 1 fully saturated rings. The van der Waals surface area contributed by atoms with E-state index in [2.05, 4.69) is 5.10 Å². The molecule has 0 bridgehead atoms. The van der Waals surface area contributed by atoms with E-state index in [9.17, 15) is 19.1 Å². The number of halogens is 2. The monoisotopic (exact) mass is 439 g/mol. The molecule has 0 saturated carbocycles. The molecule has 3 heterocycles. The van der Waals surface area contributed by atoms with Crippen LogP contribution in [0, 0.1) is 5.82 Å². The summed E-state index contributed by atoms with van der Waals surface area (Å²) in [5.74, 6) is -1.78. The standard InChI is InChI=1S/C23H19ClFN3O3/c24-15-8-6-13(7-9-15)19(14-3-1-4-16(25)11-14)20-17-5-2-10-27(17)23(31)21-22(30)18(29)12-26-28(20)21/h1,3-4,6-9,11-12,17,19-20,30H,2,5,10H2/t17-,19?,20-/m1/s1. The molecule has 0 aliphatic carbocycles. The van der Waals surface area contributed by atoms with Crippen LogP contribution in [0.15, 0.2) is 59.5 Å². The first-order chi connectivity index (χ1) is 15.0. The van der Waals surface area contributed by atoms with Crippen LogP contribution in [0.25, 0.3) is 0 Å². The van der Waals surface area contributed by atoms with Gasteiger partial charge in [0.05, 0.1) is 18.3 Å². The van der Waals surface area contributed by atoms with Gasteiger partial charge >= 0.3 is 0 Å². The van der Waals surface area contributed by atoms with Gasteiger partial charge in [-0.15, -0.1) is 0 Å². The van der Waals surface area contributed by atoms with Crippen LogP contribution < -0.4 is 5.43 Å². The first-order valence-electron chi connectivity index (χ1n) is 10.1. The summed E-state index contributed by atoms with van der Waals surface area (Å²) >= 11 is 6.10. The number of carbonyl (C=O) groups is 1.